The number of Topliss-reactive ketones (excluding diaryl/α,β-unsaturated/α-hetero) is 2. The number of rotatable bonds is 16. The highest BCUT2D eigenvalue weighted by Gasteiger charge is 2.81. The second kappa shape index (κ2) is 15.5. The van der Waals surface area contributed by atoms with Crippen LogP contribution < -0.4 is 14.8 Å². The first-order chi connectivity index (χ1) is 26.4. The van der Waals surface area contributed by atoms with Crippen molar-refractivity contribution in [2.45, 2.75) is 148 Å². The van der Waals surface area contributed by atoms with E-state index in [1.165, 1.54) is 5.57 Å². The van der Waals surface area contributed by atoms with Crippen molar-refractivity contribution in [3.8, 4) is 17.2 Å². The van der Waals surface area contributed by atoms with Crippen molar-refractivity contribution < 1.29 is 43.6 Å². The van der Waals surface area contributed by atoms with E-state index in [9.17, 15) is 24.3 Å². The maximum atomic E-state index is 15.0. The second-order valence-corrected chi connectivity index (χ2v) is 17.6. The van der Waals surface area contributed by atoms with Gasteiger partial charge in [-0.3, -0.25) is 19.2 Å². The van der Waals surface area contributed by atoms with Gasteiger partial charge in [-0.05, 0) is 106 Å². The van der Waals surface area contributed by atoms with E-state index in [1.54, 1.807) is 19.1 Å². The van der Waals surface area contributed by atoms with Crippen molar-refractivity contribution in [1.82, 2.24) is 5.32 Å². The summed E-state index contributed by atoms with van der Waals surface area (Å²) >= 11 is 0. The van der Waals surface area contributed by atoms with Gasteiger partial charge in [0.2, 0.25) is 5.91 Å². The Balaban J connectivity index is 1.36. The fraction of sp³-hybridized carbons (Fsp3) is 0.565. The van der Waals surface area contributed by atoms with Gasteiger partial charge in [-0.2, -0.15) is 0 Å². The Morgan fingerprint density at radius 3 is 2.32 bits per heavy atom. The number of amides is 1. The average Bonchev–Trinajstić information content (AvgIpc) is 3.27. The smallest absolute Gasteiger partial charge is 0.303 e. The van der Waals surface area contributed by atoms with Crippen molar-refractivity contribution in [1.29, 1.82) is 0 Å². The van der Waals surface area contributed by atoms with E-state index < -0.39 is 34.3 Å². The van der Waals surface area contributed by atoms with E-state index in [2.05, 4.69) is 25.2 Å². The van der Waals surface area contributed by atoms with Crippen LogP contribution in [0.15, 0.2) is 52.7 Å². The van der Waals surface area contributed by atoms with Crippen LogP contribution in [0.5, 0.6) is 17.2 Å². The number of unbranched alkanes of at least 4 members (excludes halogenated alkanes) is 4. The number of nitrogens with one attached hydrogen (secondary N) is 1. The van der Waals surface area contributed by atoms with E-state index >= 15 is 0 Å². The SMILES string of the molecule is CC(C)=CCCC1(C)C=Cc2c(O)c3c(c(CC=C(C)C)c2O1)OC12C(=CC4CC1C(C)(C)OC2(C/C=C(/C)C(=O)NCCCCCCCC(=O)O)C4=O)C3=O. The summed E-state index contributed by atoms with van der Waals surface area (Å²) in [6.45, 7) is 16.2. The summed E-state index contributed by atoms with van der Waals surface area (Å²) in [5, 5.41) is 23.7. The quantitative estimate of drug-likeness (QED) is 0.0853. The third-order valence-electron chi connectivity index (χ3n) is 12.4. The normalized spacial score (nSPS) is 27.6. The Hall–Kier alpha value is -4.44. The highest BCUT2D eigenvalue weighted by molar-refractivity contribution is 6.19. The van der Waals surface area contributed by atoms with Gasteiger partial charge in [-0.1, -0.05) is 54.7 Å². The lowest BCUT2D eigenvalue weighted by molar-refractivity contribution is -0.171. The Kier molecular flexibility index (Phi) is 11.4. The summed E-state index contributed by atoms with van der Waals surface area (Å²) in [4.78, 5) is 53.7. The molecular formula is C46H59NO9. The minimum atomic E-state index is -1.60. The first-order valence-electron chi connectivity index (χ1n) is 20.3. The van der Waals surface area contributed by atoms with E-state index in [0.717, 1.165) is 37.7 Å². The molecule has 10 heteroatoms. The van der Waals surface area contributed by atoms with Crippen LogP contribution in [0.4, 0.5) is 0 Å². The van der Waals surface area contributed by atoms with E-state index in [1.807, 2.05) is 52.8 Å². The molecule has 5 atom stereocenters. The van der Waals surface area contributed by atoms with Gasteiger partial charge in [-0.15, -0.1) is 0 Å². The van der Waals surface area contributed by atoms with Crippen LogP contribution in [0, 0.1) is 11.8 Å². The molecule has 5 unspecified atom stereocenters. The molecule has 1 aromatic rings. The van der Waals surface area contributed by atoms with Crippen molar-refractivity contribution >= 4 is 29.5 Å². The molecule has 3 heterocycles. The summed E-state index contributed by atoms with van der Waals surface area (Å²) < 4.78 is 21.0. The molecule has 302 valence electrons. The number of carboxylic acids is 1. The van der Waals surface area contributed by atoms with Gasteiger partial charge in [-0.25, -0.2) is 0 Å². The molecule has 56 heavy (non-hydrogen) atoms. The van der Waals surface area contributed by atoms with Gasteiger partial charge in [0.05, 0.1) is 11.2 Å². The van der Waals surface area contributed by atoms with Crippen molar-refractivity contribution in [2.75, 3.05) is 6.54 Å². The number of carbonyl (C=O) groups excluding carboxylic acids is 3. The molecule has 7 rings (SSSR count). The number of aliphatic carboxylic acids is 1. The summed E-state index contributed by atoms with van der Waals surface area (Å²) in [6.07, 6.45) is 18.0. The molecule has 3 aliphatic heterocycles. The molecule has 3 N–H and O–H groups in total. The zero-order valence-electron chi connectivity index (χ0n) is 34.4. The van der Waals surface area contributed by atoms with Gasteiger partial charge in [0.25, 0.3) is 0 Å². The Morgan fingerprint density at radius 1 is 0.929 bits per heavy atom. The van der Waals surface area contributed by atoms with Crippen molar-refractivity contribution in [2.24, 2.45) is 11.8 Å². The van der Waals surface area contributed by atoms with E-state index in [-0.39, 0.29) is 53.3 Å². The molecular weight excluding hydrogens is 711 g/mol. The third kappa shape index (κ3) is 7.18. The fourth-order valence-corrected chi connectivity index (χ4v) is 9.45. The van der Waals surface area contributed by atoms with Crippen LogP contribution in [0.25, 0.3) is 6.08 Å². The molecule has 0 aromatic heterocycles. The van der Waals surface area contributed by atoms with Crippen LogP contribution >= 0.6 is 0 Å². The maximum Gasteiger partial charge on any atom is 0.303 e. The molecule has 1 aromatic carbocycles. The van der Waals surface area contributed by atoms with Crippen molar-refractivity contribution in [3.05, 3.63) is 69.4 Å². The maximum absolute atomic E-state index is 15.0. The van der Waals surface area contributed by atoms with Gasteiger partial charge >= 0.3 is 5.97 Å². The lowest BCUT2D eigenvalue weighted by Crippen LogP contribution is -2.72. The monoisotopic (exact) mass is 769 g/mol. The number of ketones is 2. The highest BCUT2D eigenvalue weighted by Crippen LogP contribution is 2.68. The molecule has 4 bridgehead atoms. The molecule has 1 saturated carbocycles. The number of allylic oxidation sites excluding steroid dienone is 5. The Labute approximate surface area is 331 Å². The fourth-order valence-electron chi connectivity index (χ4n) is 9.45. The number of phenolic OH excluding ortho intramolecular Hbond substituents is 1. The highest BCUT2D eigenvalue weighted by atomic mass is 16.6. The zero-order valence-corrected chi connectivity index (χ0v) is 34.4. The lowest BCUT2D eigenvalue weighted by Gasteiger charge is -2.56. The van der Waals surface area contributed by atoms with Crippen molar-refractivity contribution in [3.63, 3.8) is 0 Å². The molecule has 1 saturated heterocycles. The summed E-state index contributed by atoms with van der Waals surface area (Å²) in [5.74, 6) is -2.09. The molecule has 10 nitrogen and oxygen atoms in total. The van der Waals surface area contributed by atoms with Crippen LogP contribution in [0.3, 0.4) is 0 Å². The number of ether oxygens (including phenoxy) is 3. The standard InChI is InChI=1S/C46H59NO9/c1-27(2)15-14-21-44(8)22-20-31-37(50)36-38(51)33-25-30-26-34-43(6,7)56-45(41(30)52,46(33,34)55-40(36)32(39(31)54-44)18-17-28(3)4)23-19-29(5)42(53)47-24-13-11-9-10-12-16-35(48)49/h15,17,19-20,22,25,30,34,50H,9-14,16,18,21,23-24,26H2,1-8H3,(H,47,53)(H,48,49)/b29-19-. The largest absolute Gasteiger partial charge is 0.506 e. The molecule has 1 amide bonds. The number of fused-ring (bicyclic) bond motifs is 2. The average molecular weight is 770 g/mol. The second-order valence-electron chi connectivity index (χ2n) is 17.6. The van der Waals surface area contributed by atoms with E-state index in [0.29, 0.717) is 60.3 Å². The van der Waals surface area contributed by atoms with Gasteiger partial charge < -0.3 is 29.7 Å². The first kappa shape index (κ1) is 41.2. The number of hydrogen-bond acceptors (Lipinski definition) is 8. The molecule has 6 aliphatic rings. The topological polar surface area (TPSA) is 148 Å². The predicted molar refractivity (Wildman–Crippen MR) is 215 cm³/mol. The lowest BCUT2D eigenvalue weighted by atomic mass is 9.51. The van der Waals surface area contributed by atoms with Crippen LogP contribution in [-0.4, -0.2) is 62.6 Å². The zero-order chi connectivity index (χ0) is 40.8. The molecule has 3 aliphatic carbocycles. The molecule has 2 fully saturated rings. The predicted octanol–water partition coefficient (Wildman–Crippen LogP) is 8.70. The number of aromatic hydroxyl groups is 1. The number of phenols is 1. The minimum Gasteiger partial charge on any atom is -0.506 e. The van der Waals surface area contributed by atoms with Gasteiger partial charge in [0, 0.05) is 47.9 Å². The molecule has 0 radical (unpaired) electrons. The number of hydrogen-bond donors (Lipinski definition) is 3. The number of carboxylic acid groups (broad SMARTS) is 1. The first-order valence-corrected chi connectivity index (χ1v) is 20.3. The summed E-state index contributed by atoms with van der Waals surface area (Å²) in [5.41, 5.74) is -0.491. The third-order valence-corrected chi connectivity index (χ3v) is 12.4. The van der Waals surface area contributed by atoms with Crippen LogP contribution in [0.1, 0.15) is 141 Å². The number of benzene rings is 1. The summed E-state index contributed by atoms with van der Waals surface area (Å²) in [7, 11) is 0. The van der Waals surface area contributed by atoms with Gasteiger partial charge in [0.1, 0.15) is 28.4 Å². The minimum absolute atomic E-state index is 0.0208. The number of carbonyl (C=O) groups is 4. The Morgan fingerprint density at radius 2 is 1.62 bits per heavy atom. The van der Waals surface area contributed by atoms with Gasteiger partial charge in [0.15, 0.2) is 22.8 Å². The Bertz CT molecular complexity index is 1970. The molecule has 1 spiro atoms. The summed E-state index contributed by atoms with van der Waals surface area (Å²) in [6, 6.07) is 0. The van der Waals surface area contributed by atoms with E-state index in [4.69, 9.17) is 19.3 Å². The van der Waals surface area contributed by atoms with Crippen LogP contribution in [0.2, 0.25) is 0 Å². The van der Waals surface area contributed by atoms with Crippen LogP contribution in [-0.2, 0) is 25.5 Å².